The Kier molecular flexibility index (Phi) is 5.41. The second-order valence-electron chi connectivity index (χ2n) is 5.25. The molecule has 19 heavy (non-hydrogen) atoms. The Labute approximate surface area is 119 Å². The van der Waals surface area contributed by atoms with Crippen LogP contribution in [0, 0.1) is 5.82 Å². The Hall–Kier alpha value is -0.860. The number of hydrogen-bond acceptors (Lipinski definition) is 1. The molecule has 1 aliphatic rings. The van der Waals surface area contributed by atoms with Gasteiger partial charge in [-0.1, -0.05) is 29.3 Å². The van der Waals surface area contributed by atoms with Gasteiger partial charge in [0.1, 0.15) is 5.82 Å². The molecule has 3 heteroatoms. The van der Waals surface area contributed by atoms with Gasteiger partial charge in [-0.15, -0.1) is 0 Å². The molecule has 0 radical (unpaired) electrons. The summed E-state index contributed by atoms with van der Waals surface area (Å²) in [6, 6.07) is 5.40. The van der Waals surface area contributed by atoms with Crippen molar-refractivity contribution in [3.63, 3.8) is 0 Å². The molecule has 1 N–H and O–H groups in total. The molecule has 1 nitrogen and oxygen atoms in total. The van der Waals surface area contributed by atoms with Crippen LogP contribution in [0.5, 0.6) is 0 Å². The minimum atomic E-state index is -0.346. The molecule has 0 aliphatic heterocycles. The summed E-state index contributed by atoms with van der Waals surface area (Å²) in [5.41, 5.74) is 2.64. The molecule has 0 bridgehead atoms. The molecule has 0 amide bonds. The number of likely N-dealkylation sites (N-methyl/N-ethyl adjacent to an activating group) is 1. The predicted octanol–water partition coefficient (Wildman–Crippen LogP) is 4.50. The van der Waals surface area contributed by atoms with Gasteiger partial charge in [0.25, 0.3) is 0 Å². The van der Waals surface area contributed by atoms with Gasteiger partial charge in [-0.05, 0) is 63.3 Å². The molecule has 1 unspecified atom stereocenters. The third kappa shape index (κ3) is 4.32. The van der Waals surface area contributed by atoms with Gasteiger partial charge in [-0.3, -0.25) is 0 Å². The highest BCUT2D eigenvalue weighted by Gasteiger charge is 2.12. The van der Waals surface area contributed by atoms with E-state index in [1.807, 2.05) is 13.1 Å². The number of halogens is 2. The number of benzene rings is 1. The Morgan fingerprint density at radius 1 is 1.32 bits per heavy atom. The Balaban J connectivity index is 1.97. The third-order valence-electron chi connectivity index (χ3n) is 3.77. The van der Waals surface area contributed by atoms with E-state index < -0.39 is 0 Å². The van der Waals surface area contributed by atoms with Gasteiger partial charge in [0.15, 0.2) is 0 Å². The van der Waals surface area contributed by atoms with Gasteiger partial charge < -0.3 is 5.32 Å². The Morgan fingerprint density at radius 2 is 2.16 bits per heavy atom. The summed E-state index contributed by atoms with van der Waals surface area (Å²) in [7, 11) is 1.99. The van der Waals surface area contributed by atoms with Crippen LogP contribution in [-0.2, 0) is 6.42 Å². The van der Waals surface area contributed by atoms with Crippen LogP contribution < -0.4 is 5.32 Å². The molecule has 0 spiro atoms. The summed E-state index contributed by atoms with van der Waals surface area (Å²) in [5.74, 6) is -0.346. The SMILES string of the molecule is CNC(CC1=CCCCC1)Cc1ccc(F)c(Cl)c1. The molecular formula is C16H21ClFN. The number of rotatable bonds is 5. The third-order valence-corrected chi connectivity index (χ3v) is 4.06. The number of hydrogen-bond donors (Lipinski definition) is 1. The van der Waals surface area contributed by atoms with Gasteiger partial charge in [0.2, 0.25) is 0 Å². The van der Waals surface area contributed by atoms with Crippen LogP contribution in [0.4, 0.5) is 4.39 Å². The van der Waals surface area contributed by atoms with E-state index in [0.29, 0.717) is 6.04 Å². The minimum Gasteiger partial charge on any atom is -0.316 e. The summed E-state index contributed by atoms with van der Waals surface area (Å²) >= 11 is 5.83. The van der Waals surface area contributed by atoms with E-state index in [2.05, 4.69) is 11.4 Å². The molecule has 1 aromatic carbocycles. The minimum absolute atomic E-state index is 0.212. The van der Waals surface area contributed by atoms with Crippen LogP contribution >= 0.6 is 11.6 Å². The molecule has 1 atom stereocenters. The second-order valence-corrected chi connectivity index (χ2v) is 5.66. The maximum atomic E-state index is 13.1. The summed E-state index contributed by atoms with van der Waals surface area (Å²) in [5, 5.41) is 3.57. The molecule has 2 rings (SSSR count). The van der Waals surface area contributed by atoms with E-state index in [9.17, 15) is 4.39 Å². The first-order valence-corrected chi connectivity index (χ1v) is 7.36. The van der Waals surface area contributed by atoms with E-state index in [1.165, 1.54) is 31.7 Å². The average Bonchev–Trinajstić information content (AvgIpc) is 2.43. The van der Waals surface area contributed by atoms with Crippen molar-refractivity contribution in [1.82, 2.24) is 5.32 Å². The summed E-state index contributed by atoms with van der Waals surface area (Å²) in [4.78, 5) is 0. The lowest BCUT2D eigenvalue weighted by Gasteiger charge is -2.20. The van der Waals surface area contributed by atoms with E-state index >= 15 is 0 Å². The van der Waals surface area contributed by atoms with Gasteiger partial charge >= 0.3 is 0 Å². The lowest BCUT2D eigenvalue weighted by atomic mass is 9.92. The van der Waals surface area contributed by atoms with E-state index in [-0.39, 0.29) is 10.8 Å². The zero-order valence-electron chi connectivity index (χ0n) is 11.4. The number of nitrogens with one attached hydrogen (secondary N) is 1. The van der Waals surface area contributed by atoms with E-state index in [0.717, 1.165) is 18.4 Å². The standard InChI is InChI=1S/C16H21ClFN/c1-19-14(9-12-5-3-2-4-6-12)10-13-7-8-16(18)15(17)11-13/h5,7-8,11,14,19H,2-4,6,9-10H2,1H3. The van der Waals surface area contributed by atoms with Crippen molar-refractivity contribution >= 4 is 11.6 Å². The first-order valence-electron chi connectivity index (χ1n) is 6.98. The average molecular weight is 282 g/mol. The lowest BCUT2D eigenvalue weighted by molar-refractivity contribution is 0.531. The smallest absolute Gasteiger partial charge is 0.141 e. The first kappa shape index (κ1) is 14.5. The molecule has 0 saturated carbocycles. The van der Waals surface area contributed by atoms with Crippen molar-refractivity contribution in [2.24, 2.45) is 0 Å². The van der Waals surface area contributed by atoms with Crippen molar-refractivity contribution < 1.29 is 4.39 Å². The van der Waals surface area contributed by atoms with Crippen molar-refractivity contribution in [3.05, 3.63) is 46.3 Å². The monoisotopic (exact) mass is 281 g/mol. The van der Waals surface area contributed by atoms with Crippen LogP contribution in [0.3, 0.4) is 0 Å². The molecule has 0 aromatic heterocycles. The maximum Gasteiger partial charge on any atom is 0.141 e. The highest BCUT2D eigenvalue weighted by atomic mass is 35.5. The highest BCUT2D eigenvalue weighted by Crippen LogP contribution is 2.23. The summed E-state index contributed by atoms with van der Waals surface area (Å²) in [6.07, 6.45) is 9.41. The van der Waals surface area contributed by atoms with Gasteiger partial charge in [-0.2, -0.15) is 0 Å². The van der Waals surface area contributed by atoms with Crippen molar-refractivity contribution in [2.75, 3.05) is 7.05 Å². The zero-order valence-corrected chi connectivity index (χ0v) is 12.1. The highest BCUT2D eigenvalue weighted by molar-refractivity contribution is 6.30. The molecule has 0 fully saturated rings. The fourth-order valence-electron chi connectivity index (χ4n) is 2.63. The summed E-state index contributed by atoms with van der Waals surface area (Å²) < 4.78 is 13.1. The largest absolute Gasteiger partial charge is 0.316 e. The van der Waals surface area contributed by atoms with Gasteiger partial charge in [0.05, 0.1) is 5.02 Å². The fraction of sp³-hybridized carbons (Fsp3) is 0.500. The van der Waals surface area contributed by atoms with Gasteiger partial charge in [-0.25, -0.2) is 4.39 Å². The topological polar surface area (TPSA) is 12.0 Å². The number of allylic oxidation sites excluding steroid dienone is 1. The maximum absolute atomic E-state index is 13.1. The lowest BCUT2D eigenvalue weighted by Crippen LogP contribution is -2.28. The normalized spacial score (nSPS) is 17.1. The van der Waals surface area contributed by atoms with Crippen molar-refractivity contribution in [3.8, 4) is 0 Å². The van der Waals surface area contributed by atoms with Crippen LogP contribution in [0.2, 0.25) is 5.02 Å². The molecule has 1 aromatic rings. The van der Waals surface area contributed by atoms with Crippen LogP contribution in [0.1, 0.15) is 37.7 Å². The first-order chi connectivity index (χ1) is 9.19. The van der Waals surface area contributed by atoms with E-state index in [1.54, 1.807) is 11.6 Å². The summed E-state index contributed by atoms with van der Waals surface area (Å²) in [6.45, 7) is 0. The van der Waals surface area contributed by atoms with Gasteiger partial charge in [0, 0.05) is 6.04 Å². The van der Waals surface area contributed by atoms with Crippen molar-refractivity contribution in [1.29, 1.82) is 0 Å². The second kappa shape index (κ2) is 7.06. The Bertz CT molecular complexity index is 456. The Morgan fingerprint density at radius 3 is 2.79 bits per heavy atom. The van der Waals surface area contributed by atoms with Crippen LogP contribution in [-0.4, -0.2) is 13.1 Å². The van der Waals surface area contributed by atoms with E-state index in [4.69, 9.17) is 11.6 Å². The molecule has 0 saturated heterocycles. The molecule has 1 aliphatic carbocycles. The molecule has 104 valence electrons. The molecule has 0 heterocycles. The predicted molar refractivity (Wildman–Crippen MR) is 79.1 cm³/mol. The zero-order chi connectivity index (χ0) is 13.7. The fourth-order valence-corrected chi connectivity index (χ4v) is 2.84. The van der Waals surface area contributed by atoms with Crippen molar-refractivity contribution in [2.45, 2.75) is 44.6 Å². The molecular weight excluding hydrogens is 261 g/mol. The van der Waals surface area contributed by atoms with Crippen LogP contribution in [0.25, 0.3) is 0 Å². The quantitative estimate of drug-likeness (QED) is 0.784. The van der Waals surface area contributed by atoms with Crippen LogP contribution in [0.15, 0.2) is 29.8 Å².